The Morgan fingerprint density at radius 2 is 2.33 bits per heavy atom. The van der Waals surface area contributed by atoms with E-state index in [0.29, 0.717) is 0 Å². The summed E-state index contributed by atoms with van der Waals surface area (Å²) in [4.78, 5) is 18.5. The third-order valence-corrected chi connectivity index (χ3v) is 2.46. The Labute approximate surface area is 104 Å². The number of hydrogen-bond acceptors (Lipinski definition) is 4. The van der Waals surface area contributed by atoms with Crippen molar-refractivity contribution >= 4 is 11.7 Å². The molecule has 0 fully saturated rings. The lowest BCUT2D eigenvalue weighted by Gasteiger charge is -2.07. The van der Waals surface area contributed by atoms with Crippen LogP contribution in [0, 0.1) is 0 Å². The molecule has 2 rings (SSSR count). The lowest BCUT2D eigenvalue weighted by molar-refractivity contribution is 0.0690. The van der Waals surface area contributed by atoms with E-state index in [1.54, 1.807) is 18.6 Å². The molecule has 0 amide bonds. The van der Waals surface area contributed by atoms with Crippen LogP contribution in [-0.2, 0) is 6.54 Å². The zero-order valence-electron chi connectivity index (χ0n) is 9.78. The molecule has 0 aromatic carbocycles. The Hall–Kier alpha value is -2.37. The number of aromatic carboxylic acids is 1. The zero-order valence-corrected chi connectivity index (χ0v) is 9.78. The van der Waals surface area contributed by atoms with Gasteiger partial charge in [0.05, 0.1) is 6.33 Å². The number of carbonyl (C=O) groups is 1. The molecule has 0 saturated carbocycles. The third-order valence-electron chi connectivity index (χ3n) is 2.46. The van der Waals surface area contributed by atoms with Crippen LogP contribution in [0.25, 0.3) is 0 Å². The van der Waals surface area contributed by atoms with Crippen molar-refractivity contribution in [3.05, 3.63) is 42.7 Å². The van der Waals surface area contributed by atoms with Crippen LogP contribution in [0.4, 0.5) is 5.69 Å². The highest BCUT2D eigenvalue weighted by molar-refractivity contribution is 5.86. The molecule has 18 heavy (non-hydrogen) atoms. The van der Waals surface area contributed by atoms with Crippen molar-refractivity contribution in [1.29, 1.82) is 0 Å². The van der Waals surface area contributed by atoms with Gasteiger partial charge in [-0.3, -0.25) is 0 Å². The number of aromatic nitrogens is 3. The summed E-state index contributed by atoms with van der Waals surface area (Å²) in [7, 11) is 0. The molecular weight excluding hydrogens is 232 g/mol. The van der Waals surface area contributed by atoms with Crippen molar-refractivity contribution in [2.24, 2.45) is 0 Å². The fourth-order valence-electron chi connectivity index (χ4n) is 1.57. The number of pyridine rings is 1. The number of carboxylic acid groups (broad SMARTS) is 1. The van der Waals surface area contributed by atoms with Crippen LogP contribution in [0.3, 0.4) is 0 Å². The molecule has 2 heterocycles. The van der Waals surface area contributed by atoms with Gasteiger partial charge in [-0.05, 0) is 18.6 Å². The molecule has 94 valence electrons. The van der Waals surface area contributed by atoms with E-state index in [9.17, 15) is 4.79 Å². The van der Waals surface area contributed by atoms with E-state index in [1.165, 1.54) is 12.3 Å². The van der Waals surface area contributed by atoms with Gasteiger partial charge >= 0.3 is 5.97 Å². The van der Waals surface area contributed by atoms with E-state index >= 15 is 0 Å². The second-order valence-electron chi connectivity index (χ2n) is 3.82. The molecule has 0 aliphatic rings. The number of aryl methyl sites for hydroxylation is 1. The SMILES string of the molecule is O=C(O)c1cc(NCCCn2ccnc2)ccn1. The van der Waals surface area contributed by atoms with Crippen LogP contribution in [0.15, 0.2) is 37.1 Å². The standard InChI is InChI=1S/C12H14N4O2/c17-12(18)11-8-10(2-4-15-11)14-3-1-6-16-7-5-13-9-16/h2,4-5,7-9H,1,3,6H2,(H,14,15)(H,17,18). The van der Waals surface area contributed by atoms with E-state index in [1.807, 2.05) is 10.8 Å². The minimum atomic E-state index is -1.02. The average Bonchev–Trinajstić information content (AvgIpc) is 2.88. The highest BCUT2D eigenvalue weighted by Gasteiger charge is 2.04. The molecule has 2 N–H and O–H groups in total. The molecule has 0 bridgehead atoms. The first kappa shape index (κ1) is 12.1. The Bertz CT molecular complexity index is 511. The molecule has 0 radical (unpaired) electrons. The monoisotopic (exact) mass is 246 g/mol. The Kier molecular flexibility index (Phi) is 3.90. The zero-order chi connectivity index (χ0) is 12.8. The van der Waals surface area contributed by atoms with Gasteiger partial charge in [0.1, 0.15) is 5.69 Å². The molecule has 0 atom stereocenters. The van der Waals surface area contributed by atoms with E-state index in [0.717, 1.165) is 25.2 Å². The summed E-state index contributed by atoms with van der Waals surface area (Å²) in [5.41, 5.74) is 0.822. The van der Waals surface area contributed by atoms with Crippen molar-refractivity contribution in [1.82, 2.24) is 14.5 Å². The van der Waals surface area contributed by atoms with Crippen LogP contribution in [0.1, 0.15) is 16.9 Å². The maximum atomic E-state index is 10.7. The highest BCUT2D eigenvalue weighted by atomic mass is 16.4. The molecule has 6 nitrogen and oxygen atoms in total. The van der Waals surface area contributed by atoms with Gasteiger partial charge in [-0.15, -0.1) is 0 Å². The Morgan fingerprint density at radius 3 is 3.06 bits per heavy atom. The number of imidazole rings is 1. The number of nitrogens with one attached hydrogen (secondary N) is 1. The van der Waals surface area contributed by atoms with Gasteiger partial charge < -0.3 is 15.0 Å². The molecule has 2 aromatic heterocycles. The number of nitrogens with zero attached hydrogens (tertiary/aromatic N) is 3. The van der Waals surface area contributed by atoms with Gasteiger partial charge in [0.2, 0.25) is 0 Å². The van der Waals surface area contributed by atoms with E-state index in [2.05, 4.69) is 15.3 Å². The second kappa shape index (κ2) is 5.81. The first-order chi connectivity index (χ1) is 8.75. The molecule has 0 unspecified atom stereocenters. The van der Waals surface area contributed by atoms with Crippen LogP contribution in [-0.4, -0.2) is 32.2 Å². The number of rotatable bonds is 6. The summed E-state index contributed by atoms with van der Waals surface area (Å²) in [5, 5.41) is 12.0. The summed E-state index contributed by atoms with van der Waals surface area (Å²) in [6.07, 6.45) is 7.85. The number of carboxylic acids is 1. The van der Waals surface area contributed by atoms with Gasteiger partial charge in [-0.25, -0.2) is 14.8 Å². The summed E-state index contributed by atoms with van der Waals surface area (Å²) in [6.45, 7) is 1.64. The Balaban J connectivity index is 1.79. The number of anilines is 1. The predicted molar refractivity (Wildman–Crippen MR) is 66.5 cm³/mol. The largest absolute Gasteiger partial charge is 0.477 e. The van der Waals surface area contributed by atoms with Crippen molar-refractivity contribution in [2.45, 2.75) is 13.0 Å². The first-order valence-corrected chi connectivity index (χ1v) is 5.64. The summed E-state index contributed by atoms with van der Waals surface area (Å²) in [6, 6.07) is 3.28. The summed E-state index contributed by atoms with van der Waals surface area (Å²) in [5.74, 6) is -1.02. The summed E-state index contributed by atoms with van der Waals surface area (Å²) >= 11 is 0. The number of hydrogen-bond donors (Lipinski definition) is 2. The lowest BCUT2D eigenvalue weighted by Crippen LogP contribution is -2.07. The smallest absolute Gasteiger partial charge is 0.354 e. The lowest BCUT2D eigenvalue weighted by atomic mass is 10.3. The molecule has 0 aliphatic heterocycles. The van der Waals surface area contributed by atoms with Gasteiger partial charge in [0.25, 0.3) is 0 Å². The minimum Gasteiger partial charge on any atom is -0.477 e. The maximum Gasteiger partial charge on any atom is 0.354 e. The van der Waals surface area contributed by atoms with E-state index < -0.39 is 5.97 Å². The van der Waals surface area contributed by atoms with Gasteiger partial charge in [-0.2, -0.15) is 0 Å². The molecule has 2 aromatic rings. The van der Waals surface area contributed by atoms with Crippen molar-refractivity contribution in [2.75, 3.05) is 11.9 Å². The second-order valence-corrected chi connectivity index (χ2v) is 3.82. The maximum absolute atomic E-state index is 10.7. The van der Waals surface area contributed by atoms with E-state index in [-0.39, 0.29) is 5.69 Å². The predicted octanol–water partition coefficient (Wildman–Crippen LogP) is 1.48. The highest BCUT2D eigenvalue weighted by Crippen LogP contribution is 2.07. The van der Waals surface area contributed by atoms with Gasteiger partial charge in [-0.1, -0.05) is 0 Å². The van der Waals surface area contributed by atoms with E-state index in [4.69, 9.17) is 5.11 Å². The normalized spacial score (nSPS) is 10.2. The molecule has 0 spiro atoms. The molecule has 0 saturated heterocycles. The van der Waals surface area contributed by atoms with Crippen molar-refractivity contribution in [3.8, 4) is 0 Å². The fraction of sp³-hybridized carbons (Fsp3) is 0.250. The summed E-state index contributed by atoms with van der Waals surface area (Å²) < 4.78 is 2.00. The molecule has 0 aliphatic carbocycles. The van der Waals surface area contributed by atoms with Gasteiger partial charge in [0, 0.05) is 37.4 Å². The fourth-order valence-corrected chi connectivity index (χ4v) is 1.57. The van der Waals surface area contributed by atoms with Crippen molar-refractivity contribution < 1.29 is 9.90 Å². The van der Waals surface area contributed by atoms with Crippen LogP contribution in [0.2, 0.25) is 0 Å². The average molecular weight is 246 g/mol. The Morgan fingerprint density at radius 1 is 1.44 bits per heavy atom. The van der Waals surface area contributed by atoms with Crippen LogP contribution >= 0.6 is 0 Å². The van der Waals surface area contributed by atoms with Crippen LogP contribution in [0.5, 0.6) is 0 Å². The van der Waals surface area contributed by atoms with Gasteiger partial charge in [0.15, 0.2) is 0 Å². The minimum absolute atomic E-state index is 0.0506. The third kappa shape index (κ3) is 3.31. The molecule has 6 heteroatoms. The van der Waals surface area contributed by atoms with Crippen molar-refractivity contribution in [3.63, 3.8) is 0 Å². The first-order valence-electron chi connectivity index (χ1n) is 5.64. The topological polar surface area (TPSA) is 80.0 Å². The van der Waals surface area contributed by atoms with Crippen LogP contribution < -0.4 is 5.32 Å². The molecular formula is C12H14N4O2. The quantitative estimate of drug-likeness (QED) is 0.754.